The Bertz CT molecular complexity index is 688. The third-order valence-electron chi connectivity index (χ3n) is 4.99. The fourth-order valence-electron chi connectivity index (χ4n) is 3.64. The maximum absolute atomic E-state index is 5.36. The van der Waals surface area contributed by atoms with Crippen molar-refractivity contribution in [2.75, 3.05) is 20.8 Å². The van der Waals surface area contributed by atoms with E-state index in [2.05, 4.69) is 30.3 Å². The van der Waals surface area contributed by atoms with Crippen LogP contribution in [-0.4, -0.2) is 27.0 Å². The van der Waals surface area contributed by atoms with E-state index in [1.165, 1.54) is 31.2 Å². The Kier molecular flexibility index (Phi) is 5.19. The zero-order valence-electron chi connectivity index (χ0n) is 14.5. The molecule has 1 aliphatic carbocycles. The first-order valence-electron chi connectivity index (χ1n) is 8.55. The van der Waals surface area contributed by atoms with E-state index in [4.69, 9.17) is 14.5 Å². The molecule has 3 heteroatoms. The summed E-state index contributed by atoms with van der Waals surface area (Å²) in [5, 5.41) is 0. The molecule has 0 saturated heterocycles. The molecule has 0 aromatic heterocycles. The van der Waals surface area contributed by atoms with Crippen LogP contribution in [0.5, 0.6) is 11.5 Å². The molecule has 3 rings (SSSR count). The van der Waals surface area contributed by atoms with Gasteiger partial charge in [-0.3, -0.25) is 4.99 Å². The number of rotatable bonds is 6. The first-order chi connectivity index (χ1) is 11.8. The molecule has 126 valence electrons. The van der Waals surface area contributed by atoms with E-state index in [0.717, 1.165) is 23.6 Å². The Morgan fingerprint density at radius 1 is 0.958 bits per heavy atom. The summed E-state index contributed by atoms with van der Waals surface area (Å²) in [4.78, 5) is 4.78. The van der Waals surface area contributed by atoms with Crippen molar-refractivity contribution >= 4 is 6.21 Å². The summed E-state index contributed by atoms with van der Waals surface area (Å²) in [7, 11) is 3.30. The lowest BCUT2D eigenvalue weighted by Crippen LogP contribution is -2.25. The molecule has 0 amide bonds. The fraction of sp³-hybridized carbons (Fsp3) is 0.381. The Labute approximate surface area is 144 Å². The number of hydrogen-bond donors (Lipinski definition) is 0. The van der Waals surface area contributed by atoms with Gasteiger partial charge in [-0.15, -0.1) is 0 Å². The topological polar surface area (TPSA) is 30.8 Å². The van der Waals surface area contributed by atoms with Gasteiger partial charge < -0.3 is 9.47 Å². The van der Waals surface area contributed by atoms with Crippen LogP contribution in [0.3, 0.4) is 0 Å². The van der Waals surface area contributed by atoms with Gasteiger partial charge in [0.1, 0.15) is 0 Å². The minimum atomic E-state index is 0.203. The second kappa shape index (κ2) is 7.52. The SMILES string of the molecule is COc1ccc(C=NCC2(c3ccccc3)CCCC2)cc1OC. The summed E-state index contributed by atoms with van der Waals surface area (Å²) < 4.78 is 10.6. The van der Waals surface area contributed by atoms with Gasteiger partial charge in [0.25, 0.3) is 0 Å². The number of hydrogen-bond acceptors (Lipinski definition) is 3. The van der Waals surface area contributed by atoms with E-state index in [1.807, 2.05) is 24.4 Å². The monoisotopic (exact) mass is 323 g/mol. The molecule has 0 N–H and O–H groups in total. The van der Waals surface area contributed by atoms with Crippen LogP contribution in [0.4, 0.5) is 0 Å². The van der Waals surface area contributed by atoms with Crippen LogP contribution in [0.1, 0.15) is 36.8 Å². The lowest BCUT2D eigenvalue weighted by atomic mass is 9.79. The Balaban J connectivity index is 1.77. The molecular formula is C21H25NO2. The Morgan fingerprint density at radius 2 is 1.67 bits per heavy atom. The molecule has 0 aliphatic heterocycles. The molecule has 0 atom stereocenters. The molecule has 2 aromatic carbocycles. The number of benzene rings is 2. The number of ether oxygens (including phenoxy) is 2. The standard InChI is InChI=1S/C21H25NO2/c1-23-19-11-10-17(14-20(19)24-2)15-22-16-21(12-6-7-13-21)18-8-4-3-5-9-18/h3-5,8-11,14-15H,6-7,12-13,16H2,1-2H3. The fourth-order valence-corrected chi connectivity index (χ4v) is 3.64. The summed E-state index contributed by atoms with van der Waals surface area (Å²) >= 11 is 0. The maximum Gasteiger partial charge on any atom is 0.161 e. The van der Waals surface area contributed by atoms with Gasteiger partial charge in [-0.1, -0.05) is 43.2 Å². The molecule has 1 saturated carbocycles. The van der Waals surface area contributed by atoms with Crippen molar-refractivity contribution in [2.45, 2.75) is 31.1 Å². The van der Waals surface area contributed by atoms with Crippen LogP contribution < -0.4 is 9.47 Å². The normalized spacial score (nSPS) is 16.4. The zero-order valence-corrected chi connectivity index (χ0v) is 14.5. The van der Waals surface area contributed by atoms with Crippen molar-refractivity contribution in [1.82, 2.24) is 0 Å². The first kappa shape index (κ1) is 16.6. The van der Waals surface area contributed by atoms with Gasteiger partial charge in [0, 0.05) is 18.2 Å². The number of nitrogens with zero attached hydrogens (tertiary/aromatic N) is 1. The van der Waals surface area contributed by atoms with Crippen LogP contribution in [0.2, 0.25) is 0 Å². The number of aliphatic imine (C=N–C) groups is 1. The van der Waals surface area contributed by atoms with Gasteiger partial charge in [0.15, 0.2) is 11.5 Å². The lowest BCUT2D eigenvalue weighted by molar-refractivity contribution is 0.355. The van der Waals surface area contributed by atoms with Gasteiger partial charge >= 0.3 is 0 Å². The van der Waals surface area contributed by atoms with Crippen LogP contribution in [0.15, 0.2) is 53.5 Å². The zero-order chi connectivity index (χ0) is 16.8. The molecule has 0 heterocycles. The van der Waals surface area contributed by atoms with Gasteiger partial charge in [-0.05, 0) is 42.2 Å². The van der Waals surface area contributed by atoms with Crippen LogP contribution in [-0.2, 0) is 5.41 Å². The highest BCUT2D eigenvalue weighted by atomic mass is 16.5. The average Bonchev–Trinajstić information content (AvgIpc) is 3.12. The van der Waals surface area contributed by atoms with Crippen LogP contribution >= 0.6 is 0 Å². The largest absolute Gasteiger partial charge is 0.493 e. The summed E-state index contributed by atoms with van der Waals surface area (Å²) in [6, 6.07) is 16.7. The van der Waals surface area contributed by atoms with Gasteiger partial charge in [0.05, 0.1) is 14.2 Å². The predicted molar refractivity (Wildman–Crippen MR) is 98.6 cm³/mol. The van der Waals surface area contributed by atoms with Crippen LogP contribution in [0.25, 0.3) is 0 Å². The Morgan fingerprint density at radius 3 is 2.33 bits per heavy atom. The minimum Gasteiger partial charge on any atom is -0.493 e. The van der Waals surface area contributed by atoms with Crippen molar-refractivity contribution in [1.29, 1.82) is 0 Å². The summed E-state index contributed by atoms with van der Waals surface area (Å²) in [6.45, 7) is 0.839. The van der Waals surface area contributed by atoms with Crippen molar-refractivity contribution < 1.29 is 9.47 Å². The molecule has 1 fully saturated rings. The van der Waals surface area contributed by atoms with Gasteiger partial charge in [0.2, 0.25) is 0 Å². The molecule has 24 heavy (non-hydrogen) atoms. The van der Waals surface area contributed by atoms with Gasteiger partial charge in [-0.2, -0.15) is 0 Å². The van der Waals surface area contributed by atoms with E-state index in [0.29, 0.717) is 0 Å². The van der Waals surface area contributed by atoms with E-state index in [-0.39, 0.29) is 5.41 Å². The third kappa shape index (κ3) is 3.45. The van der Waals surface area contributed by atoms with E-state index in [9.17, 15) is 0 Å². The van der Waals surface area contributed by atoms with Crippen molar-refractivity contribution in [2.24, 2.45) is 4.99 Å². The highest BCUT2D eigenvalue weighted by molar-refractivity contribution is 5.81. The van der Waals surface area contributed by atoms with E-state index >= 15 is 0 Å². The van der Waals surface area contributed by atoms with E-state index in [1.54, 1.807) is 14.2 Å². The molecule has 0 spiro atoms. The van der Waals surface area contributed by atoms with E-state index < -0.39 is 0 Å². The molecule has 1 aliphatic rings. The van der Waals surface area contributed by atoms with Crippen LogP contribution in [0, 0.1) is 0 Å². The summed E-state index contributed by atoms with van der Waals surface area (Å²) in [6.07, 6.45) is 6.98. The average molecular weight is 323 g/mol. The Hall–Kier alpha value is -2.29. The molecule has 0 radical (unpaired) electrons. The summed E-state index contributed by atoms with van der Waals surface area (Å²) in [5.74, 6) is 1.48. The highest BCUT2D eigenvalue weighted by Crippen LogP contribution is 2.41. The van der Waals surface area contributed by atoms with Crippen molar-refractivity contribution in [3.05, 3.63) is 59.7 Å². The van der Waals surface area contributed by atoms with Gasteiger partial charge in [-0.25, -0.2) is 0 Å². The number of methoxy groups -OCH3 is 2. The molecular weight excluding hydrogens is 298 g/mol. The molecule has 0 unspecified atom stereocenters. The first-order valence-corrected chi connectivity index (χ1v) is 8.55. The quantitative estimate of drug-likeness (QED) is 0.725. The lowest BCUT2D eigenvalue weighted by Gasteiger charge is -2.27. The van der Waals surface area contributed by atoms with Crippen molar-refractivity contribution in [3.8, 4) is 11.5 Å². The minimum absolute atomic E-state index is 0.203. The van der Waals surface area contributed by atoms with Crippen molar-refractivity contribution in [3.63, 3.8) is 0 Å². The molecule has 2 aromatic rings. The summed E-state index contributed by atoms with van der Waals surface area (Å²) in [5.41, 5.74) is 2.66. The second-order valence-corrected chi connectivity index (χ2v) is 6.44. The predicted octanol–water partition coefficient (Wildman–Crippen LogP) is 4.63. The second-order valence-electron chi connectivity index (χ2n) is 6.44. The highest BCUT2D eigenvalue weighted by Gasteiger charge is 2.34. The smallest absolute Gasteiger partial charge is 0.161 e. The molecule has 0 bridgehead atoms. The third-order valence-corrected chi connectivity index (χ3v) is 4.99. The maximum atomic E-state index is 5.36. The molecule has 3 nitrogen and oxygen atoms in total.